The quantitative estimate of drug-likeness (QED) is 0.111. The third kappa shape index (κ3) is 8.16. The SMILES string of the molecule is Cc1cccc(N(c2ccc3ccccc3c2)c2ccc3c(c2)c2ccc(-c4c(C)cccc4C)cc2c2cc4c5ccc(N(c6cccc(C)c6)c6ccc7ccccc7c6)cc5c5ccc(-c6c(C)cccc6C)cc5c4cc32)c1. The summed E-state index contributed by atoms with van der Waals surface area (Å²) in [5.74, 6) is 0. The summed E-state index contributed by atoms with van der Waals surface area (Å²) in [5.41, 5.74) is 19.3. The van der Waals surface area contributed by atoms with Crippen molar-refractivity contribution in [3.63, 3.8) is 0 Å². The standard InChI is InChI=1S/C80H60N2/c1-49-15-11-25-61(39-49)81(63-31-27-55-21-7-9-23-57(55)41-63)65-33-37-69-73(45-65)67-35-29-59(79-51(3)17-13-18-52(79)4)43-71(67)77-48-76-70-38-34-66(82(62-26-12-16-50(2)40-62)64-32-28-56-22-8-10-24-58(56)42-64)46-74(70)68-36-30-60(44-72(68)78(76)47-75(69)77)80-53(5)19-14-20-54(80)6/h7-48H,1-6H3. The zero-order chi connectivity index (χ0) is 55.3. The van der Waals surface area contributed by atoms with E-state index < -0.39 is 0 Å². The van der Waals surface area contributed by atoms with Gasteiger partial charge in [0.25, 0.3) is 0 Å². The highest BCUT2D eigenvalue weighted by Gasteiger charge is 2.22. The lowest BCUT2D eigenvalue weighted by atomic mass is 9.86. The van der Waals surface area contributed by atoms with Gasteiger partial charge in [-0.25, -0.2) is 0 Å². The molecule has 0 bridgehead atoms. The minimum absolute atomic E-state index is 1.11. The van der Waals surface area contributed by atoms with Crippen molar-refractivity contribution < 1.29 is 0 Å². The minimum atomic E-state index is 1.11. The van der Waals surface area contributed by atoms with E-state index >= 15 is 0 Å². The molecular formula is C80H60N2. The largest absolute Gasteiger partial charge is 0.310 e. The van der Waals surface area contributed by atoms with E-state index in [1.807, 2.05) is 0 Å². The molecule has 82 heavy (non-hydrogen) atoms. The lowest BCUT2D eigenvalue weighted by Gasteiger charge is -2.27. The molecule has 0 saturated carbocycles. The fourth-order valence-electron chi connectivity index (χ4n) is 13.7. The van der Waals surface area contributed by atoms with E-state index in [4.69, 9.17) is 0 Å². The second kappa shape index (κ2) is 19.4. The molecule has 0 N–H and O–H groups in total. The van der Waals surface area contributed by atoms with Gasteiger partial charge in [-0.05, 0) is 280 Å². The van der Waals surface area contributed by atoms with Crippen molar-refractivity contribution in [3.05, 3.63) is 288 Å². The first kappa shape index (κ1) is 49.1. The molecule has 2 heteroatoms. The molecule has 0 fully saturated rings. The third-order valence-corrected chi connectivity index (χ3v) is 17.5. The van der Waals surface area contributed by atoms with Crippen molar-refractivity contribution in [1.82, 2.24) is 0 Å². The van der Waals surface area contributed by atoms with Crippen LogP contribution >= 0.6 is 0 Å². The molecular weight excluding hydrogens is 989 g/mol. The number of hydrogen-bond acceptors (Lipinski definition) is 2. The predicted octanol–water partition coefficient (Wildman–Crippen LogP) is 23.0. The van der Waals surface area contributed by atoms with Crippen LogP contribution in [-0.4, -0.2) is 0 Å². The van der Waals surface area contributed by atoms with Crippen LogP contribution in [0.5, 0.6) is 0 Å². The van der Waals surface area contributed by atoms with Gasteiger partial charge in [0.2, 0.25) is 0 Å². The van der Waals surface area contributed by atoms with Gasteiger partial charge >= 0.3 is 0 Å². The molecule has 0 aliphatic rings. The van der Waals surface area contributed by atoms with Crippen molar-refractivity contribution in [2.24, 2.45) is 0 Å². The Labute approximate surface area is 479 Å². The average Bonchev–Trinajstić information content (AvgIpc) is 2.19. The first-order valence-corrected chi connectivity index (χ1v) is 28.7. The van der Waals surface area contributed by atoms with Crippen molar-refractivity contribution in [2.75, 3.05) is 9.80 Å². The summed E-state index contributed by atoms with van der Waals surface area (Å²) in [6.45, 7) is 13.4. The summed E-state index contributed by atoms with van der Waals surface area (Å²) in [6, 6.07) is 96.1. The van der Waals surface area contributed by atoms with E-state index in [0.717, 1.165) is 34.1 Å². The van der Waals surface area contributed by atoms with E-state index in [0.29, 0.717) is 0 Å². The van der Waals surface area contributed by atoms with Gasteiger partial charge in [-0.2, -0.15) is 0 Å². The van der Waals surface area contributed by atoms with Gasteiger partial charge < -0.3 is 9.80 Å². The number of hydrogen-bond donors (Lipinski definition) is 0. The molecule has 0 aliphatic heterocycles. The van der Waals surface area contributed by atoms with Crippen LogP contribution in [0.2, 0.25) is 0 Å². The van der Waals surface area contributed by atoms with E-state index in [9.17, 15) is 0 Å². The van der Waals surface area contributed by atoms with Crippen molar-refractivity contribution in [1.29, 1.82) is 0 Å². The number of anilines is 6. The smallest absolute Gasteiger partial charge is 0.0468 e. The normalized spacial score (nSPS) is 11.8. The molecule has 15 aromatic carbocycles. The Morgan fingerprint density at radius 2 is 0.500 bits per heavy atom. The number of benzene rings is 15. The predicted molar refractivity (Wildman–Crippen MR) is 355 cm³/mol. The highest BCUT2D eigenvalue weighted by Crippen LogP contribution is 2.48. The summed E-state index contributed by atoms with van der Waals surface area (Å²) in [4.78, 5) is 4.87. The third-order valence-electron chi connectivity index (χ3n) is 17.5. The lowest BCUT2D eigenvalue weighted by molar-refractivity contribution is 1.28. The second-order valence-corrected chi connectivity index (χ2v) is 22.9. The van der Waals surface area contributed by atoms with Crippen LogP contribution in [0.25, 0.3) is 108 Å². The maximum absolute atomic E-state index is 2.54. The second-order valence-electron chi connectivity index (χ2n) is 22.9. The van der Waals surface area contributed by atoms with Gasteiger partial charge in [-0.15, -0.1) is 0 Å². The van der Waals surface area contributed by atoms with Crippen LogP contribution in [-0.2, 0) is 0 Å². The Morgan fingerprint density at radius 3 is 0.902 bits per heavy atom. The molecule has 0 aromatic heterocycles. The maximum Gasteiger partial charge on any atom is 0.0468 e. The number of fused-ring (bicyclic) bond motifs is 14. The van der Waals surface area contributed by atoms with E-state index in [-0.39, 0.29) is 0 Å². The fourth-order valence-corrected chi connectivity index (χ4v) is 13.7. The Kier molecular flexibility index (Phi) is 11.6. The maximum atomic E-state index is 2.54. The Balaban J connectivity index is 1.04. The molecule has 0 saturated heterocycles. The van der Waals surface area contributed by atoms with Crippen LogP contribution in [0, 0.1) is 41.5 Å². The molecule has 15 aromatic rings. The lowest BCUT2D eigenvalue weighted by Crippen LogP contribution is -2.10. The molecule has 2 nitrogen and oxygen atoms in total. The first-order valence-electron chi connectivity index (χ1n) is 28.7. The molecule has 0 aliphatic carbocycles. The van der Waals surface area contributed by atoms with Gasteiger partial charge in [0.05, 0.1) is 0 Å². The number of nitrogens with zero attached hydrogens (tertiary/aromatic N) is 2. The van der Waals surface area contributed by atoms with Crippen molar-refractivity contribution >= 4 is 120 Å². The van der Waals surface area contributed by atoms with Crippen LogP contribution in [0.4, 0.5) is 34.1 Å². The first-order chi connectivity index (χ1) is 40.1. The van der Waals surface area contributed by atoms with Crippen LogP contribution in [0.15, 0.2) is 255 Å². The Bertz CT molecular complexity index is 4780. The highest BCUT2D eigenvalue weighted by molar-refractivity contribution is 6.34. The van der Waals surface area contributed by atoms with E-state index in [2.05, 4.69) is 306 Å². The molecule has 390 valence electrons. The topological polar surface area (TPSA) is 6.48 Å². The Hall–Kier alpha value is -10.0. The molecule has 0 spiro atoms. The summed E-state index contributed by atoms with van der Waals surface area (Å²) in [5, 5.41) is 19.7. The van der Waals surface area contributed by atoms with Crippen LogP contribution in [0.3, 0.4) is 0 Å². The van der Waals surface area contributed by atoms with Crippen LogP contribution in [0.1, 0.15) is 33.4 Å². The monoisotopic (exact) mass is 1050 g/mol. The number of aryl methyl sites for hydroxylation is 6. The molecule has 0 unspecified atom stereocenters. The molecule has 0 amide bonds. The fraction of sp³-hybridized carbons (Fsp3) is 0.0750. The molecule has 0 atom stereocenters. The summed E-state index contributed by atoms with van der Waals surface area (Å²) in [7, 11) is 0. The summed E-state index contributed by atoms with van der Waals surface area (Å²) in [6.07, 6.45) is 0. The average molecular weight is 1050 g/mol. The van der Waals surface area contributed by atoms with Gasteiger partial charge in [0, 0.05) is 34.1 Å². The summed E-state index contributed by atoms with van der Waals surface area (Å²) >= 11 is 0. The zero-order valence-electron chi connectivity index (χ0n) is 47.1. The van der Waals surface area contributed by atoms with Crippen molar-refractivity contribution in [2.45, 2.75) is 41.5 Å². The summed E-state index contributed by atoms with van der Waals surface area (Å²) < 4.78 is 0. The minimum Gasteiger partial charge on any atom is -0.310 e. The van der Waals surface area contributed by atoms with Gasteiger partial charge in [0.15, 0.2) is 0 Å². The van der Waals surface area contributed by atoms with Crippen LogP contribution < -0.4 is 9.80 Å². The van der Waals surface area contributed by atoms with Gasteiger partial charge in [0.1, 0.15) is 0 Å². The number of rotatable bonds is 8. The van der Waals surface area contributed by atoms with Gasteiger partial charge in [-0.1, -0.05) is 158 Å². The van der Waals surface area contributed by atoms with E-state index in [1.54, 1.807) is 0 Å². The Morgan fingerprint density at radius 1 is 0.195 bits per heavy atom. The molecule has 0 radical (unpaired) electrons. The van der Waals surface area contributed by atoms with E-state index in [1.165, 1.54) is 142 Å². The highest BCUT2D eigenvalue weighted by atomic mass is 15.1. The molecule has 0 heterocycles. The van der Waals surface area contributed by atoms with Crippen molar-refractivity contribution in [3.8, 4) is 22.3 Å². The molecule has 15 rings (SSSR count). The van der Waals surface area contributed by atoms with Gasteiger partial charge in [-0.3, -0.25) is 0 Å². The zero-order valence-corrected chi connectivity index (χ0v) is 47.1.